The lowest BCUT2D eigenvalue weighted by Crippen LogP contribution is -2.31. The molecule has 6 aromatic rings. The number of aliphatic hydroxyl groups excluding tert-OH is 1. The lowest BCUT2D eigenvalue weighted by atomic mass is 9.99. The first-order valence-electron chi connectivity index (χ1n) is 17.0. The minimum absolute atomic E-state index is 0.00770. The van der Waals surface area contributed by atoms with Crippen molar-refractivity contribution in [1.82, 2.24) is 20.1 Å². The molecule has 1 aliphatic rings. The molecule has 5 aromatic carbocycles. The van der Waals surface area contributed by atoms with Gasteiger partial charge in [-0.25, -0.2) is 4.79 Å². The van der Waals surface area contributed by atoms with E-state index in [4.69, 9.17) is 14.2 Å². The number of hydrogen-bond donors (Lipinski definition) is 3. The minimum Gasteiger partial charge on any atom is -0.457 e. The van der Waals surface area contributed by atoms with E-state index < -0.39 is 6.29 Å². The maximum atomic E-state index is 12.8. The first-order valence-corrected chi connectivity index (χ1v) is 18.0. The van der Waals surface area contributed by atoms with Crippen molar-refractivity contribution < 1.29 is 24.1 Å². The topological polar surface area (TPSA) is 120 Å². The Morgan fingerprint density at radius 3 is 2.35 bits per heavy atom. The maximum absolute atomic E-state index is 12.8. The van der Waals surface area contributed by atoms with E-state index >= 15 is 0 Å². The molecule has 0 aliphatic carbocycles. The third kappa shape index (κ3) is 9.06. The second-order valence-electron chi connectivity index (χ2n) is 12.5. The minimum atomic E-state index is -0.589. The number of anilines is 1. The molecule has 0 radical (unpaired) electrons. The molecule has 11 heteroatoms. The van der Waals surface area contributed by atoms with Gasteiger partial charge >= 0.3 is 6.03 Å². The van der Waals surface area contributed by atoms with Crippen LogP contribution in [0, 0.1) is 0 Å². The molecule has 0 spiro atoms. The molecule has 0 saturated carbocycles. The van der Waals surface area contributed by atoms with Crippen LogP contribution in [0.5, 0.6) is 11.5 Å². The Hall–Kier alpha value is -5.46. The van der Waals surface area contributed by atoms with Gasteiger partial charge in [0.25, 0.3) is 0 Å². The number of amides is 2. The summed E-state index contributed by atoms with van der Waals surface area (Å²) in [7, 11) is 1.93. The van der Waals surface area contributed by atoms with Crippen LogP contribution in [0.1, 0.15) is 41.1 Å². The number of hydrogen-bond acceptors (Lipinski definition) is 8. The van der Waals surface area contributed by atoms with Crippen LogP contribution in [0.25, 0.3) is 11.1 Å². The largest absolute Gasteiger partial charge is 0.457 e. The Balaban J connectivity index is 1.00. The summed E-state index contributed by atoms with van der Waals surface area (Å²) in [6.07, 6.45) is 1.48. The van der Waals surface area contributed by atoms with Gasteiger partial charge in [-0.05, 0) is 76.3 Å². The summed E-state index contributed by atoms with van der Waals surface area (Å²) in [6, 6.07) is 40.7. The van der Waals surface area contributed by atoms with E-state index in [0.717, 1.165) is 44.3 Å². The zero-order chi connectivity index (χ0) is 35.7. The van der Waals surface area contributed by atoms with Crippen molar-refractivity contribution in [3.8, 4) is 22.6 Å². The zero-order valence-corrected chi connectivity index (χ0v) is 29.4. The molecule has 1 saturated heterocycles. The molecule has 3 N–H and O–H groups in total. The van der Waals surface area contributed by atoms with E-state index in [0.29, 0.717) is 30.2 Å². The Morgan fingerprint density at radius 2 is 1.60 bits per heavy atom. The molecule has 1 fully saturated rings. The highest BCUT2D eigenvalue weighted by atomic mass is 32.2. The fourth-order valence-electron chi connectivity index (χ4n) is 5.91. The van der Waals surface area contributed by atoms with Gasteiger partial charge in [-0.2, -0.15) is 0 Å². The normalized spacial score (nSPS) is 17.0. The summed E-state index contributed by atoms with van der Waals surface area (Å²) in [4.78, 5) is 12.8. The molecular formula is C41H39N5O5S. The molecular weight excluding hydrogens is 675 g/mol. The molecule has 3 unspecified atom stereocenters. The van der Waals surface area contributed by atoms with Crippen molar-refractivity contribution in [3.63, 3.8) is 0 Å². The first kappa shape index (κ1) is 35.0. The van der Waals surface area contributed by atoms with E-state index in [9.17, 15) is 9.90 Å². The number of ether oxygens (including phenoxy) is 3. The number of urea groups is 1. The lowest BCUT2D eigenvalue weighted by Gasteiger charge is -2.36. The van der Waals surface area contributed by atoms with Gasteiger partial charge in [-0.1, -0.05) is 90.6 Å². The quantitative estimate of drug-likeness (QED) is 0.108. The smallest absolute Gasteiger partial charge is 0.319 e. The standard InChI is InChI=1S/C41H39N5O5S/c1-46-27-43-45-41(46)52-26-37-23-38(30-15-13-28(25-47)14-16-30)51-39(50-37)33-10-6-9-32(22-33)31-8-5-7-29(21-31)24-42-40(48)44-34-17-19-36(20-18-34)49-35-11-3-2-4-12-35/h2-22,27,37-39,47H,23-26H2,1H3,(H2,42,44,48). The molecule has 7 rings (SSSR count). The monoisotopic (exact) mass is 713 g/mol. The Morgan fingerprint density at radius 1 is 0.846 bits per heavy atom. The lowest BCUT2D eigenvalue weighted by molar-refractivity contribution is -0.245. The molecule has 52 heavy (non-hydrogen) atoms. The molecule has 0 bridgehead atoms. The van der Waals surface area contributed by atoms with Gasteiger partial charge in [-0.15, -0.1) is 10.2 Å². The van der Waals surface area contributed by atoms with Gasteiger partial charge in [0, 0.05) is 37.0 Å². The third-order valence-corrected chi connectivity index (χ3v) is 9.81. The number of thioether (sulfide) groups is 1. The highest BCUT2D eigenvalue weighted by molar-refractivity contribution is 7.99. The predicted molar refractivity (Wildman–Crippen MR) is 201 cm³/mol. The van der Waals surface area contributed by atoms with E-state index in [-0.39, 0.29) is 24.8 Å². The number of carbonyl (C=O) groups is 1. The van der Waals surface area contributed by atoms with Crippen molar-refractivity contribution in [2.75, 3.05) is 11.1 Å². The zero-order valence-electron chi connectivity index (χ0n) is 28.6. The van der Waals surface area contributed by atoms with E-state index in [1.54, 1.807) is 30.2 Å². The number of rotatable bonds is 12. The van der Waals surface area contributed by atoms with Crippen molar-refractivity contribution in [1.29, 1.82) is 0 Å². The number of nitrogens with zero attached hydrogens (tertiary/aromatic N) is 3. The van der Waals surface area contributed by atoms with Crippen LogP contribution < -0.4 is 15.4 Å². The number of aryl methyl sites for hydroxylation is 1. The summed E-state index contributed by atoms with van der Waals surface area (Å²) in [5.41, 5.74) is 6.44. The van der Waals surface area contributed by atoms with Crippen LogP contribution in [0.3, 0.4) is 0 Å². The Bertz CT molecular complexity index is 2070. The van der Waals surface area contributed by atoms with Crippen molar-refractivity contribution in [3.05, 3.63) is 156 Å². The average Bonchev–Trinajstić information content (AvgIpc) is 3.61. The summed E-state index contributed by atoms with van der Waals surface area (Å²) in [5.74, 6) is 2.12. The fourth-order valence-corrected chi connectivity index (χ4v) is 6.81. The van der Waals surface area contributed by atoms with E-state index in [1.165, 1.54) is 0 Å². The molecule has 1 aromatic heterocycles. The van der Waals surface area contributed by atoms with Gasteiger partial charge < -0.3 is 34.5 Å². The van der Waals surface area contributed by atoms with Crippen LogP contribution >= 0.6 is 11.8 Å². The number of benzene rings is 5. The van der Waals surface area contributed by atoms with Crippen LogP contribution in [0.4, 0.5) is 10.5 Å². The summed E-state index contributed by atoms with van der Waals surface area (Å²) < 4.78 is 20.9. The van der Waals surface area contributed by atoms with Crippen LogP contribution in [-0.4, -0.2) is 37.8 Å². The maximum Gasteiger partial charge on any atom is 0.319 e. The SMILES string of the molecule is Cn1cnnc1SCC1CC(c2ccc(CO)cc2)OC(c2cccc(-c3cccc(CNC(=O)Nc4ccc(Oc5ccccc5)cc4)c3)c2)O1. The van der Waals surface area contributed by atoms with Gasteiger partial charge in [0.05, 0.1) is 18.8 Å². The van der Waals surface area contributed by atoms with Crippen molar-refractivity contribution >= 4 is 23.5 Å². The Labute approximate surface area is 306 Å². The van der Waals surface area contributed by atoms with Crippen LogP contribution in [0.15, 0.2) is 139 Å². The highest BCUT2D eigenvalue weighted by Gasteiger charge is 2.32. The fraction of sp³-hybridized carbons (Fsp3) is 0.195. The summed E-state index contributed by atoms with van der Waals surface area (Å²) in [6.45, 7) is 0.345. The van der Waals surface area contributed by atoms with Gasteiger partial charge in [-0.3, -0.25) is 0 Å². The second-order valence-corrected chi connectivity index (χ2v) is 13.4. The van der Waals surface area contributed by atoms with E-state index in [2.05, 4.69) is 45.1 Å². The summed E-state index contributed by atoms with van der Waals surface area (Å²) in [5, 5.41) is 24.4. The van der Waals surface area contributed by atoms with E-state index in [1.807, 2.05) is 103 Å². The summed E-state index contributed by atoms with van der Waals surface area (Å²) >= 11 is 1.61. The van der Waals surface area contributed by atoms with Gasteiger partial charge in [0.1, 0.15) is 17.8 Å². The molecule has 264 valence electrons. The number of aromatic nitrogens is 3. The van der Waals surface area contributed by atoms with Crippen molar-refractivity contribution in [2.24, 2.45) is 7.05 Å². The number of nitrogens with one attached hydrogen (secondary N) is 2. The number of para-hydroxylation sites is 1. The second kappa shape index (κ2) is 16.7. The highest BCUT2D eigenvalue weighted by Crippen LogP contribution is 2.40. The number of aliphatic hydroxyl groups is 1. The molecule has 2 amide bonds. The van der Waals surface area contributed by atoms with Gasteiger partial charge in [0.2, 0.25) is 0 Å². The molecule has 1 aliphatic heterocycles. The van der Waals surface area contributed by atoms with Crippen molar-refractivity contribution in [2.45, 2.75) is 43.2 Å². The van der Waals surface area contributed by atoms with Crippen LogP contribution in [-0.2, 0) is 29.7 Å². The molecule has 3 atom stereocenters. The average molecular weight is 714 g/mol. The third-order valence-electron chi connectivity index (χ3n) is 8.65. The van der Waals surface area contributed by atoms with Crippen LogP contribution in [0.2, 0.25) is 0 Å². The Kier molecular flexibility index (Phi) is 11.2. The molecule has 2 heterocycles. The number of carbonyl (C=O) groups excluding carboxylic acids is 1. The van der Waals surface area contributed by atoms with Gasteiger partial charge in [0.15, 0.2) is 11.4 Å². The first-order chi connectivity index (χ1) is 25.5. The predicted octanol–water partition coefficient (Wildman–Crippen LogP) is 8.43. The molecule has 10 nitrogen and oxygen atoms in total.